The van der Waals surface area contributed by atoms with Crippen molar-refractivity contribution < 1.29 is 104 Å². The molecule has 0 saturated carbocycles. The SMILES string of the molecule is NOC(=O)c1ccccc1C(=O)[O-].NOC(=O)c1ccccc1C(=O)[O-].NOC(=O)c1ccccc1C(=O)[O-].NOC(=O)c1ccccc1C(=O)[O-].[Zr+4]. The smallest absolute Gasteiger partial charge is 0.545 e. The standard InChI is InChI=1S/4C8H7NO4.Zr/c4*9-13-8(12)6-4-2-1-3-5(6)7(10)11;/h4*1-4H,9H2,(H,10,11);/q;;;;+4/p-4. The zero-order valence-corrected chi connectivity index (χ0v) is 29.0. The van der Waals surface area contributed by atoms with Crippen LogP contribution in [0.5, 0.6) is 0 Å². The van der Waals surface area contributed by atoms with Gasteiger partial charge < -0.3 is 59.0 Å². The Balaban J connectivity index is 0.000000676. The summed E-state index contributed by atoms with van der Waals surface area (Å²) in [5.41, 5.74) is -1.43. The number of carbonyl (C=O) groups is 8. The maximum absolute atomic E-state index is 10.9. The molecule has 0 aliphatic carbocycles. The molecule has 4 rings (SSSR count). The van der Waals surface area contributed by atoms with E-state index in [1.807, 2.05) is 0 Å². The van der Waals surface area contributed by atoms with Crippen molar-refractivity contribution in [3.8, 4) is 0 Å². The van der Waals surface area contributed by atoms with Crippen LogP contribution in [0, 0.1) is 0 Å². The molecule has 0 radical (unpaired) electrons. The summed E-state index contributed by atoms with van der Waals surface area (Å²) in [7, 11) is 0. The van der Waals surface area contributed by atoms with E-state index in [0.29, 0.717) is 0 Å². The van der Waals surface area contributed by atoms with E-state index in [1.54, 1.807) is 0 Å². The van der Waals surface area contributed by atoms with Gasteiger partial charge in [-0.15, -0.1) is 0 Å². The Kier molecular flexibility index (Phi) is 20.7. The van der Waals surface area contributed by atoms with Crippen LogP contribution in [0.3, 0.4) is 0 Å². The van der Waals surface area contributed by atoms with E-state index in [1.165, 1.54) is 97.1 Å². The average Bonchev–Trinajstić information content (AvgIpc) is 3.17. The Hall–Kier alpha value is -6.64. The van der Waals surface area contributed by atoms with Crippen molar-refractivity contribution in [2.45, 2.75) is 0 Å². The molecule has 0 fully saturated rings. The summed E-state index contributed by atoms with van der Waals surface area (Å²) < 4.78 is 0. The van der Waals surface area contributed by atoms with E-state index in [9.17, 15) is 58.8 Å². The van der Waals surface area contributed by atoms with E-state index >= 15 is 0 Å². The first-order valence-corrected chi connectivity index (χ1v) is 13.5. The van der Waals surface area contributed by atoms with Crippen molar-refractivity contribution in [2.75, 3.05) is 0 Å². The molecule has 20 nitrogen and oxygen atoms in total. The van der Waals surface area contributed by atoms with Crippen LogP contribution in [0.1, 0.15) is 82.9 Å². The summed E-state index contributed by atoms with van der Waals surface area (Å²) in [4.78, 5) is 101. The Morgan fingerprint density at radius 2 is 0.453 bits per heavy atom. The molecule has 0 aliphatic rings. The van der Waals surface area contributed by atoms with Crippen LogP contribution in [0.4, 0.5) is 0 Å². The van der Waals surface area contributed by atoms with E-state index in [2.05, 4.69) is 42.9 Å². The monoisotopic (exact) mass is 810 g/mol. The number of benzene rings is 4. The van der Waals surface area contributed by atoms with Crippen LogP contribution in [-0.4, -0.2) is 47.8 Å². The van der Waals surface area contributed by atoms with Gasteiger partial charge in [0.2, 0.25) is 0 Å². The number of carbonyl (C=O) groups excluding carboxylic acids is 8. The third kappa shape index (κ3) is 14.3. The van der Waals surface area contributed by atoms with Gasteiger partial charge in [-0.3, -0.25) is 0 Å². The molecule has 0 heterocycles. The van der Waals surface area contributed by atoms with E-state index in [0.717, 1.165) is 0 Å². The van der Waals surface area contributed by atoms with Gasteiger partial charge in [-0.2, -0.15) is 23.6 Å². The van der Waals surface area contributed by atoms with E-state index in [-0.39, 0.29) is 70.7 Å². The summed E-state index contributed by atoms with van der Waals surface area (Å²) in [6.45, 7) is 0. The van der Waals surface area contributed by atoms with E-state index in [4.69, 9.17) is 0 Å². The van der Waals surface area contributed by atoms with Gasteiger partial charge in [0.05, 0.1) is 46.1 Å². The number of rotatable bonds is 8. The van der Waals surface area contributed by atoms with Gasteiger partial charge in [0.15, 0.2) is 0 Å². The molecule has 0 bridgehead atoms. The van der Waals surface area contributed by atoms with Crippen molar-refractivity contribution >= 4 is 47.8 Å². The largest absolute Gasteiger partial charge is 4.00 e. The second kappa shape index (κ2) is 23.7. The van der Waals surface area contributed by atoms with Gasteiger partial charge in [0.25, 0.3) is 0 Å². The van der Waals surface area contributed by atoms with Crippen molar-refractivity contribution in [1.29, 1.82) is 0 Å². The van der Waals surface area contributed by atoms with Gasteiger partial charge in [0.1, 0.15) is 0 Å². The molecular formula is C32H24N4O16Zr. The molecule has 4 aromatic carbocycles. The Labute approximate surface area is 316 Å². The average molecular weight is 812 g/mol. The topological polar surface area (TPSA) is 370 Å². The van der Waals surface area contributed by atoms with Gasteiger partial charge >= 0.3 is 50.1 Å². The Morgan fingerprint density at radius 1 is 0.321 bits per heavy atom. The molecule has 0 atom stereocenters. The Bertz CT molecular complexity index is 1680. The molecule has 0 spiro atoms. The number of nitrogens with two attached hydrogens (primary N) is 4. The van der Waals surface area contributed by atoms with Crippen molar-refractivity contribution in [2.24, 2.45) is 23.6 Å². The zero-order chi connectivity index (χ0) is 39.4. The molecule has 0 saturated heterocycles. The quantitative estimate of drug-likeness (QED) is 0.124. The zero-order valence-electron chi connectivity index (χ0n) is 26.6. The fourth-order valence-corrected chi connectivity index (χ4v) is 3.61. The summed E-state index contributed by atoms with van der Waals surface area (Å²) in [6.07, 6.45) is 0. The van der Waals surface area contributed by atoms with Crippen LogP contribution in [0.15, 0.2) is 97.1 Å². The van der Waals surface area contributed by atoms with Crippen LogP contribution >= 0.6 is 0 Å². The summed E-state index contributed by atoms with van der Waals surface area (Å²) in [5, 5.41) is 41.9. The minimum absolute atomic E-state index is 0. The maximum Gasteiger partial charge on any atom is 4.00 e. The van der Waals surface area contributed by atoms with Crippen LogP contribution < -0.4 is 44.0 Å². The van der Waals surface area contributed by atoms with Gasteiger partial charge in [-0.25, -0.2) is 19.2 Å². The molecule has 4 aromatic rings. The fourth-order valence-electron chi connectivity index (χ4n) is 3.61. The first-order chi connectivity index (χ1) is 24.7. The molecule has 21 heteroatoms. The predicted molar refractivity (Wildman–Crippen MR) is 162 cm³/mol. The molecule has 8 N–H and O–H groups in total. The number of hydrogen-bond donors (Lipinski definition) is 4. The molecule has 272 valence electrons. The molecule has 0 amide bonds. The van der Waals surface area contributed by atoms with Crippen molar-refractivity contribution in [1.82, 2.24) is 0 Å². The predicted octanol–water partition coefficient (Wildman–Crippen LogP) is -3.68. The number of carboxylic acids is 4. The summed E-state index contributed by atoms with van der Waals surface area (Å²) in [5.74, 6) is 9.05. The first-order valence-electron chi connectivity index (χ1n) is 13.5. The molecule has 0 aromatic heterocycles. The second-order valence-corrected chi connectivity index (χ2v) is 8.95. The Morgan fingerprint density at radius 3 is 0.566 bits per heavy atom. The summed E-state index contributed by atoms with van der Waals surface area (Å²) >= 11 is 0. The summed E-state index contributed by atoms with van der Waals surface area (Å²) in [6, 6.07) is 22.0. The van der Waals surface area contributed by atoms with Crippen LogP contribution in [0.25, 0.3) is 0 Å². The van der Waals surface area contributed by atoms with Gasteiger partial charge in [-0.1, -0.05) is 72.8 Å². The fraction of sp³-hybridized carbons (Fsp3) is 0. The second-order valence-electron chi connectivity index (χ2n) is 8.95. The number of hydrogen-bond acceptors (Lipinski definition) is 20. The normalized spacial score (nSPS) is 9.13. The van der Waals surface area contributed by atoms with Crippen LogP contribution in [0.2, 0.25) is 0 Å². The maximum atomic E-state index is 10.9. The molecular weight excluding hydrogens is 788 g/mol. The van der Waals surface area contributed by atoms with Gasteiger partial charge in [0, 0.05) is 22.3 Å². The minimum atomic E-state index is -1.44. The van der Waals surface area contributed by atoms with Gasteiger partial charge in [-0.05, 0) is 24.3 Å². The number of carboxylic acid groups (broad SMARTS) is 4. The van der Waals surface area contributed by atoms with Crippen molar-refractivity contribution in [3.05, 3.63) is 142 Å². The third-order valence-corrected chi connectivity index (χ3v) is 5.90. The molecule has 0 unspecified atom stereocenters. The van der Waals surface area contributed by atoms with Crippen molar-refractivity contribution in [3.63, 3.8) is 0 Å². The third-order valence-electron chi connectivity index (χ3n) is 5.90. The first kappa shape index (κ1) is 46.4. The van der Waals surface area contributed by atoms with Crippen LogP contribution in [-0.2, 0) is 45.6 Å². The van der Waals surface area contributed by atoms with E-state index < -0.39 is 47.8 Å². The molecule has 0 aliphatic heterocycles. The minimum Gasteiger partial charge on any atom is -0.545 e. The molecule has 53 heavy (non-hydrogen) atoms. The number of aromatic carboxylic acids is 4.